The van der Waals surface area contributed by atoms with Crippen molar-refractivity contribution in [3.8, 4) is 11.5 Å². The standard InChI is InChI=1S/C17H24N4O2/c1-3-4-10-19-17-20-11-9-16(21-17)18-12-13-23-15-7-5-14(22-2)6-8-15/h5-9,11H,3-4,10,12-13H2,1-2H3,(H2,18,19,20,21). The van der Waals surface area contributed by atoms with Gasteiger partial charge in [-0.3, -0.25) is 0 Å². The number of aromatic nitrogens is 2. The number of nitrogens with zero attached hydrogens (tertiary/aromatic N) is 2. The molecule has 0 unspecified atom stereocenters. The number of methoxy groups -OCH3 is 1. The van der Waals surface area contributed by atoms with E-state index in [1.54, 1.807) is 13.3 Å². The summed E-state index contributed by atoms with van der Waals surface area (Å²) in [5.74, 6) is 3.08. The fraction of sp³-hybridized carbons (Fsp3) is 0.412. The van der Waals surface area contributed by atoms with Gasteiger partial charge in [-0.15, -0.1) is 0 Å². The molecule has 1 heterocycles. The number of hydrogen-bond acceptors (Lipinski definition) is 6. The van der Waals surface area contributed by atoms with Gasteiger partial charge >= 0.3 is 0 Å². The molecule has 2 rings (SSSR count). The van der Waals surface area contributed by atoms with E-state index in [1.165, 1.54) is 0 Å². The Kier molecular flexibility index (Phi) is 6.97. The number of hydrogen-bond donors (Lipinski definition) is 2. The molecule has 0 fully saturated rings. The van der Waals surface area contributed by atoms with Gasteiger partial charge in [-0.25, -0.2) is 4.98 Å². The summed E-state index contributed by atoms with van der Waals surface area (Å²) in [6.07, 6.45) is 4.00. The van der Waals surface area contributed by atoms with Crippen molar-refractivity contribution >= 4 is 11.8 Å². The van der Waals surface area contributed by atoms with E-state index >= 15 is 0 Å². The van der Waals surface area contributed by atoms with Crippen LogP contribution in [0.15, 0.2) is 36.5 Å². The number of rotatable bonds is 10. The lowest BCUT2D eigenvalue weighted by Gasteiger charge is -2.09. The van der Waals surface area contributed by atoms with E-state index < -0.39 is 0 Å². The third kappa shape index (κ3) is 6.02. The van der Waals surface area contributed by atoms with Crippen LogP contribution in [0.1, 0.15) is 19.8 Å². The summed E-state index contributed by atoms with van der Waals surface area (Å²) < 4.78 is 10.8. The quantitative estimate of drug-likeness (QED) is 0.656. The number of unbranched alkanes of at least 4 members (excludes halogenated alkanes) is 1. The van der Waals surface area contributed by atoms with Crippen LogP contribution < -0.4 is 20.1 Å². The van der Waals surface area contributed by atoms with Crippen LogP contribution >= 0.6 is 0 Å². The van der Waals surface area contributed by atoms with Crippen molar-refractivity contribution in [2.24, 2.45) is 0 Å². The van der Waals surface area contributed by atoms with E-state index in [2.05, 4.69) is 27.5 Å². The summed E-state index contributed by atoms with van der Waals surface area (Å²) in [6.45, 7) is 4.26. The zero-order chi connectivity index (χ0) is 16.3. The van der Waals surface area contributed by atoms with Crippen molar-refractivity contribution in [2.45, 2.75) is 19.8 Å². The minimum atomic E-state index is 0.551. The lowest BCUT2D eigenvalue weighted by atomic mass is 10.3. The molecule has 0 amide bonds. The van der Waals surface area contributed by atoms with E-state index in [-0.39, 0.29) is 0 Å². The van der Waals surface area contributed by atoms with Crippen molar-refractivity contribution in [3.05, 3.63) is 36.5 Å². The van der Waals surface area contributed by atoms with Crippen LogP contribution in [0.3, 0.4) is 0 Å². The van der Waals surface area contributed by atoms with Crippen LogP contribution in [-0.4, -0.2) is 36.8 Å². The molecule has 0 aliphatic carbocycles. The van der Waals surface area contributed by atoms with Gasteiger partial charge < -0.3 is 20.1 Å². The van der Waals surface area contributed by atoms with E-state index in [4.69, 9.17) is 9.47 Å². The highest BCUT2D eigenvalue weighted by atomic mass is 16.5. The first-order chi connectivity index (χ1) is 11.3. The average molecular weight is 316 g/mol. The zero-order valence-corrected chi connectivity index (χ0v) is 13.7. The number of ether oxygens (including phenoxy) is 2. The number of benzene rings is 1. The first-order valence-electron chi connectivity index (χ1n) is 7.89. The molecule has 6 heteroatoms. The van der Waals surface area contributed by atoms with Gasteiger partial charge in [0.1, 0.15) is 23.9 Å². The van der Waals surface area contributed by atoms with Crippen LogP contribution in [-0.2, 0) is 0 Å². The summed E-state index contributed by atoms with van der Waals surface area (Å²) in [7, 11) is 1.65. The van der Waals surface area contributed by atoms with Gasteiger partial charge in [0.2, 0.25) is 5.95 Å². The third-order valence-corrected chi connectivity index (χ3v) is 3.21. The Labute approximate surface area is 137 Å². The fourth-order valence-electron chi connectivity index (χ4n) is 1.94. The average Bonchev–Trinajstić information content (AvgIpc) is 2.60. The molecule has 0 atom stereocenters. The zero-order valence-electron chi connectivity index (χ0n) is 13.7. The minimum absolute atomic E-state index is 0.551. The van der Waals surface area contributed by atoms with E-state index in [0.29, 0.717) is 19.1 Å². The number of anilines is 2. The Morgan fingerprint density at radius 3 is 2.52 bits per heavy atom. The molecule has 0 radical (unpaired) electrons. The summed E-state index contributed by atoms with van der Waals surface area (Å²) >= 11 is 0. The van der Waals surface area contributed by atoms with Crippen LogP contribution in [0.5, 0.6) is 11.5 Å². The Morgan fingerprint density at radius 1 is 1.00 bits per heavy atom. The third-order valence-electron chi connectivity index (χ3n) is 3.21. The van der Waals surface area contributed by atoms with Gasteiger partial charge in [0.15, 0.2) is 0 Å². The Bertz CT molecular complexity index is 575. The smallest absolute Gasteiger partial charge is 0.224 e. The predicted octanol–water partition coefficient (Wildman–Crippen LogP) is 3.19. The summed E-state index contributed by atoms with van der Waals surface area (Å²) in [6, 6.07) is 9.37. The van der Waals surface area contributed by atoms with Crippen molar-refractivity contribution in [2.75, 3.05) is 37.4 Å². The Hall–Kier alpha value is -2.50. The van der Waals surface area contributed by atoms with Crippen molar-refractivity contribution in [3.63, 3.8) is 0 Å². The Balaban J connectivity index is 1.71. The molecule has 6 nitrogen and oxygen atoms in total. The highest BCUT2D eigenvalue weighted by molar-refractivity contribution is 5.39. The van der Waals surface area contributed by atoms with Gasteiger partial charge in [-0.2, -0.15) is 4.98 Å². The van der Waals surface area contributed by atoms with Crippen LogP contribution in [0.4, 0.5) is 11.8 Å². The molecule has 0 spiro atoms. The van der Waals surface area contributed by atoms with E-state index in [1.807, 2.05) is 30.3 Å². The van der Waals surface area contributed by atoms with Gasteiger partial charge in [-0.05, 0) is 36.8 Å². The second-order valence-corrected chi connectivity index (χ2v) is 5.00. The SMILES string of the molecule is CCCCNc1nccc(NCCOc2ccc(OC)cc2)n1. The summed E-state index contributed by atoms with van der Waals surface area (Å²) in [4.78, 5) is 8.60. The molecule has 124 valence electrons. The summed E-state index contributed by atoms with van der Waals surface area (Å²) in [5.41, 5.74) is 0. The van der Waals surface area contributed by atoms with Gasteiger partial charge in [0.25, 0.3) is 0 Å². The molecular formula is C17H24N4O2. The topological polar surface area (TPSA) is 68.3 Å². The van der Waals surface area contributed by atoms with Crippen molar-refractivity contribution in [1.29, 1.82) is 0 Å². The van der Waals surface area contributed by atoms with Crippen LogP contribution in [0.2, 0.25) is 0 Å². The molecule has 1 aromatic carbocycles. The van der Waals surface area contributed by atoms with Gasteiger partial charge in [-0.1, -0.05) is 13.3 Å². The fourth-order valence-corrected chi connectivity index (χ4v) is 1.94. The maximum atomic E-state index is 5.66. The lowest BCUT2D eigenvalue weighted by Crippen LogP contribution is -2.13. The molecule has 0 bridgehead atoms. The molecule has 23 heavy (non-hydrogen) atoms. The molecule has 0 aliphatic heterocycles. The first kappa shape index (κ1) is 16.9. The van der Waals surface area contributed by atoms with E-state index in [9.17, 15) is 0 Å². The second kappa shape index (κ2) is 9.50. The first-order valence-corrected chi connectivity index (χ1v) is 7.89. The van der Waals surface area contributed by atoms with E-state index in [0.717, 1.165) is 36.7 Å². The lowest BCUT2D eigenvalue weighted by molar-refractivity contribution is 0.331. The van der Waals surface area contributed by atoms with Crippen LogP contribution in [0, 0.1) is 0 Å². The molecule has 2 N–H and O–H groups in total. The largest absolute Gasteiger partial charge is 0.497 e. The highest BCUT2D eigenvalue weighted by Crippen LogP contribution is 2.16. The molecule has 2 aromatic rings. The molecule has 1 aromatic heterocycles. The molecule has 0 aliphatic rings. The minimum Gasteiger partial charge on any atom is -0.497 e. The number of nitrogens with one attached hydrogen (secondary N) is 2. The van der Waals surface area contributed by atoms with Crippen molar-refractivity contribution in [1.82, 2.24) is 9.97 Å². The molecule has 0 saturated heterocycles. The van der Waals surface area contributed by atoms with Gasteiger partial charge in [0, 0.05) is 12.7 Å². The van der Waals surface area contributed by atoms with Crippen molar-refractivity contribution < 1.29 is 9.47 Å². The Morgan fingerprint density at radius 2 is 1.78 bits per heavy atom. The highest BCUT2D eigenvalue weighted by Gasteiger charge is 1.99. The maximum absolute atomic E-state index is 5.66. The predicted molar refractivity (Wildman–Crippen MR) is 92.4 cm³/mol. The normalized spacial score (nSPS) is 10.2. The monoisotopic (exact) mass is 316 g/mol. The maximum Gasteiger partial charge on any atom is 0.224 e. The summed E-state index contributed by atoms with van der Waals surface area (Å²) in [5, 5.41) is 6.44. The van der Waals surface area contributed by atoms with Gasteiger partial charge in [0.05, 0.1) is 13.7 Å². The molecular weight excluding hydrogens is 292 g/mol. The molecule has 0 saturated carbocycles. The van der Waals surface area contributed by atoms with Crippen LogP contribution in [0.25, 0.3) is 0 Å². The second-order valence-electron chi connectivity index (χ2n) is 5.00.